The van der Waals surface area contributed by atoms with Crippen LogP contribution >= 0.6 is 0 Å². The maximum absolute atomic E-state index is 14.3. The van der Waals surface area contributed by atoms with Crippen molar-refractivity contribution in [2.75, 3.05) is 20.1 Å². The number of amides is 1. The van der Waals surface area contributed by atoms with Gasteiger partial charge in [-0.05, 0) is 113 Å². The molecule has 3 saturated heterocycles. The van der Waals surface area contributed by atoms with Gasteiger partial charge in [-0.1, -0.05) is 18.2 Å². The highest BCUT2D eigenvalue weighted by atomic mass is 19.1. The molecule has 3 aromatic rings. The Bertz CT molecular complexity index is 1200. The molecule has 3 aliphatic rings. The molecule has 3 aliphatic heterocycles. The summed E-state index contributed by atoms with van der Waals surface area (Å²) in [5.74, 6) is 0.708. The lowest BCUT2D eigenvalue weighted by Crippen LogP contribution is -2.56. The summed E-state index contributed by atoms with van der Waals surface area (Å²) in [7, 11) is 2.13. The number of likely N-dealkylation sites (tertiary alicyclic amines) is 1. The van der Waals surface area contributed by atoms with Crippen LogP contribution in [0.25, 0.3) is 5.52 Å². The molecule has 2 aromatic heterocycles. The number of benzene rings is 1. The number of pyridine rings is 1. The van der Waals surface area contributed by atoms with Crippen molar-refractivity contribution in [1.82, 2.24) is 19.4 Å². The van der Waals surface area contributed by atoms with E-state index in [2.05, 4.69) is 40.1 Å². The molecule has 184 valence electrons. The van der Waals surface area contributed by atoms with Crippen LogP contribution in [0.5, 0.6) is 0 Å². The monoisotopic (exact) mass is 474 g/mol. The highest BCUT2D eigenvalue weighted by Crippen LogP contribution is 2.45. The predicted octanol–water partition coefficient (Wildman–Crippen LogP) is 4.74. The van der Waals surface area contributed by atoms with Crippen molar-refractivity contribution in [2.45, 2.75) is 63.5 Å². The topological polar surface area (TPSA) is 40.9 Å². The minimum Gasteiger partial charge on any atom is -0.336 e. The Labute approximate surface area is 206 Å². The number of carbonyl (C=O) groups is 1. The van der Waals surface area contributed by atoms with Gasteiger partial charge in [0.05, 0.1) is 10.9 Å². The van der Waals surface area contributed by atoms with E-state index >= 15 is 0 Å². The summed E-state index contributed by atoms with van der Waals surface area (Å²) in [6.45, 7) is 1.84. The maximum Gasteiger partial charge on any atom is 0.229 e. The van der Waals surface area contributed by atoms with E-state index in [0.717, 1.165) is 63.6 Å². The van der Waals surface area contributed by atoms with Gasteiger partial charge in [0, 0.05) is 24.5 Å². The second kappa shape index (κ2) is 9.05. The van der Waals surface area contributed by atoms with Crippen molar-refractivity contribution in [3.05, 3.63) is 71.8 Å². The van der Waals surface area contributed by atoms with Crippen LogP contribution in [0.3, 0.4) is 0 Å². The van der Waals surface area contributed by atoms with Crippen LogP contribution in [-0.4, -0.2) is 57.5 Å². The molecule has 0 saturated carbocycles. The number of halogens is 1. The lowest BCUT2D eigenvalue weighted by molar-refractivity contribution is -0.150. The average Bonchev–Trinajstić information content (AvgIpc) is 3.43. The Morgan fingerprint density at radius 2 is 1.86 bits per heavy atom. The summed E-state index contributed by atoms with van der Waals surface area (Å²) in [6.07, 6.45) is 11.6. The largest absolute Gasteiger partial charge is 0.336 e. The van der Waals surface area contributed by atoms with Gasteiger partial charge < -0.3 is 9.80 Å². The molecule has 0 radical (unpaired) electrons. The van der Waals surface area contributed by atoms with E-state index < -0.39 is 5.41 Å². The quantitative estimate of drug-likeness (QED) is 0.536. The number of rotatable bonds is 5. The van der Waals surface area contributed by atoms with Crippen LogP contribution in [0.4, 0.5) is 4.39 Å². The summed E-state index contributed by atoms with van der Waals surface area (Å²) < 4.78 is 15.9. The number of aromatic nitrogens is 2. The van der Waals surface area contributed by atoms with Gasteiger partial charge in [-0.25, -0.2) is 8.91 Å². The second-order valence-corrected chi connectivity index (χ2v) is 11.2. The molecule has 2 atom stereocenters. The number of hydrogen-bond donors (Lipinski definition) is 0. The molecule has 1 aromatic carbocycles. The Morgan fingerprint density at radius 1 is 1.09 bits per heavy atom. The molecular formula is C29H35FN4O. The number of carbonyl (C=O) groups excluding carboxylic acids is 1. The zero-order chi connectivity index (χ0) is 24.0. The average molecular weight is 475 g/mol. The summed E-state index contributed by atoms with van der Waals surface area (Å²) in [4.78, 5) is 18.9. The van der Waals surface area contributed by atoms with Crippen LogP contribution in [-0.2, 0) is 17.6 Å². The molecule has 0 N–H and O–H groups in total. The van der Waals surface area contributed by atoms with Crippen molar-refractivity contribution >= 4 is 11.4 Å². The molecule has 0 aliphatic carbocycles. The SMILES string of the molecule is CN1CCC(Cc2cccc(F)c2)(C(=O)N2[C@H]3CC[C@H]2CC(Cc2cccn4nccc24)C3)CC1. The minimum absolute atomic E-state index is 0.216. The van der Waals surface area contributed by atoms with E-state index in [-0.39, 0.29) is 5.82 Å². The third-order valence-corrected chi connectivity index (χ3v) is 8.93. The van der Waals surface area contributed by atoms with Crippen LogP contribution < -0.4 is 0 Å². The molecule has 2 bridgehead atoms. The zero-order valence-corrected chi connectivity index (χ0v) is 20.6. The summed E-state index contributed by atoms with van der Waals surface area (Å²) in [5, 5.41) is 4.39. The Hall–Kier alpha value is -2.73. The van der Waals surface area contributed by atoms with Gasteiger partial charge in [0.25, 0.3) is 0 Å². The van der Waals surface area contributed by atoms with Gasteiger partial charge in [0.1, 0.15) is 5.82 Å². The smallest absolute Gasteiger partial charge is 0.229 e. The van der Waals surface area contributed by atoms with Gasteiger partial charge in [0.15, 0.2) is 0 Å². The van der Waals surface area contributed by atoms with E-state index in [9.17, 15) is 9.18 Å². The normalized spacial score (nSPS) is 26.3. The fourth-order valence-electron chi connectivity index (χ4n) is 7.11. The van der Waals surface area contributed by atoms with Gasteiger partial charge in [0.2, 0.25) is 5.91 Å². The first kappa shape index (κ1) is 22.7. The lowest BCUT2D eigenvalue weighted by Gasteiger charge is -2.47. The highest BCUT2D eigenvalue weighted by molar-refractivity contribution is 5.84. The van der Waals surface area contributed by atoms with Crippen LogP contribution in [0.1, 0.15) is 49.7 Å². The number of piperidine rings is 2. The summed E-state index contributed by atoms with van der Waals surface area (Å²) in [5.41, 5.74) is 3.07. The van der Waals surface area contributed by atoms with Crippen molar-refractivity contribution in [3.63, 3.8) is 0 Å². The first-order chi connectivity index (χ1) is 17.0. The molecule has 3 fully saturated rings. The summed E-state index contributed by atoms with van der Waals surface area (Å²) in [6, 6.07) is 13.9. The maximum atomic E-state index is 14.3. The molecule has 6 heteroatoms. The van der Waals surface area contributed by atoms with Crippen LogP contribution in [0, 0.1) is 17.2 Å². The first-order valence-electron chi connectivity index (χ1n) is 13.2. The molecule has 0 unspecified atom stereocenters. The molecular weight excluding hydrogens is 439 g/mol. The molecule has 6 rings (SSSR count). The Morgan fingerprint density at radius 3 is 2.60 bits per heavy atom. The molecule has 1 amide bonds. The fraction of sp³-hybridized carbons (Fsp3) is 0.517. The van der Waals surface area contributed by atoms with Crippen LogP contribution in [0.2, 0.25) is 0 Å². The van der Waals surface area contributed by atoms with Crippen molar-refractivity contribution in [1.29, 1.82) is 0 Å². The number of hydrogen-bond acceptors (Lipinski definition) is 3. The Kier molecular flexibility index (Phi) is 5.87. The van der Waals surface area contributed by atoms with Gasteiger partial charge >= 0.3 is 0 Å². The van der Waals surface area contributed by atoms with Crippen molar-refractivity contribution in [3.8, 4) is 0 Å². The van der Waals surface area contributed by atoms with E-state index in [1.165, 1.54) is 17.1 Å². The third-order valence-electron chi connectivity index (χ3n) is 8.93. The van der Waals surface area contributed by atoms with Crippen molar-refractivity contribution < 1.29 is 9.18 Å². The van der Waals surface area contributed by atoms with Gasteiger partial charge in [-0.15, -0.1) is 0 Å². The molecule has 35 heavy (non-hydrogen) atoms. The molecule has 5 nitrogen and oxygen atoms in total. The Balaban J connectivity index is 1.22. The third kappa shape index (κ3) is 4.26. The lowest BCUT2D eigenvalue weighted by atomic mass is 9.71. The zero-order valence-electron chi connectivity index (χ0n) is 20.6. The predicted molar refractivity (Wildman–Crippen MR) is 135 cm³/mol. The second-order valence-electron chi connectivity index (χ2n) is 11.2. The minimum atomic E-state index is -0.419. The number of fused-ring (bicyclic) bond motifs is 3. The van der Waals surface area contributed by atoms with Crippen LogP contribution in [0.15, 0.2) is 54.9 Å². The fourth-order valence-corrected chi connectivity index (χ4v) is 7.11. The van der Waals surface area contributed by atoms with E-state index in [4.69, 9.17) is 0 Å². The van der Waals surface area contributed by atoms with E-state index in [1.807, 2.05) is 23.0 Å². The standard InChI is InChI=1S/C29H35FN4O/c1-32-14-10-29(11-15-32,20-21-4-2-6-24(30)17-21)28(35)34-25-7-8-26(34)19-22(18-25)16-23-5-3-13-33-27(23)9-12-31-33/h2-6,9,12-13,17,22,25-26H,7-8,10-11,14-16,18-20H2,1H3/t25-,26-/m0/s1. The molecule has 5 heterocycles. The van der Waals surface area contributed by atoms with Crippen molar-refractivity contribution in [2.24, 2.45) is 11.3 Å². The first-order valence-corrected chi connectivity index (χ1v) is 13.2. The van der Waals surface area contributed by atoms with E-state index in [1.54, 1.807) is 12.1 Å². The summed E-state index contributed by atoms with van der Waals surface area (Å²) >= 11 is 0. The van der Waals surface area contributed by atoms with Gasteiger partial charge in [-0.3, -0.25) is 4.79 Å². The highest BCUT2D eigenvalue weighted by Gasteiger charge is 2.50. The van der Waals surface area contributed by atoms with Gasteiger partial charge in [-0.2, -0.15) is 5.10 Å². The number of nitrogens with zero attached hydrogens (tertiary/aromatic N) is 4. The molecule has 0 spiro atoms. The van der Waals surface area contributed by atoms with E-state index in [0.29, 0.717) is 30.3 Å².